The maximum atomic E-state index is 13.5. The molecule has 1 aromatic carbocycles. The summed E-state index contributed by atoms with van der Waals surface area (Å²) in [5, 5.41) is 7.69. The lowest BCUT2D eigenvalue weighted by molar-refractivity contribution is 0.414. The second kappa shape index (κ2) is 10.3. The Morgan fingerprint density at radius 2 is 1.95 bits per heavy atom. The van der Waals surface area contributed by atoms with Crippen LogP contribution in [0.1, 0.15) is 12.8 Å². The van der Waals surface area contributed by atoms with E-state index in [1.807, 2.05) is 36.4 Å². The fraction of sp³-hybridized carbons (Fsp3) is 0.385. The van der Waals surface area contributed by atoms with E-state index in [0.717, 1.165) is 60.8 Å². The predicted octanol–water partition coefficient (Wildman–Crippen LogP) is 2.94. The molecule has 10 nitrogen and oxygen atoms in total. The fourth-order valence-corrected chi connectivity index (χ4v) is 5.92. The van der Waals surface area contributed by atoms with E-state index in [1.54, 1.807) is 13.3 Å². The van der Waals surface area contributed by atoms with E-state index in [4.69, 9.17) is 14.7 Å². The van der Waals surface area contributed by atoms with Gasteiger partial charge in [0.15, 0.2) is 0 Å². The van der Waals surface area contributed by atoms with Gasteiger partial charge in [0.1, 0.15) is 28.0 Å². The van der Waals surface area contributed by atoms with Crippen LogP contribution in [0.2, 0.25) is 0 Å². The van der Waals surface area contributed by atoms with Gasteiger partial charge in [-0.05, 0) is 37.6 Å². The first kappa shape index (κ1) is 23.7. The molecule has 2 aliphatic rings. The maximum absolute atomic E-state index is 13.5. The van der Waals surface area contributed by atoms with Gasteiger partial charge in [-0.1, -0.05) is 12.1 Å². The van der Waals surface area contributed by atoms with Crippen molar-refractivity contribution < 1.29 is 4.74 Å². The Balaban J connectivity index is 1.29. The zero-order chi connectivity index (χ0) is 25.2. The monoisotopic (exact) mass is 518 g/mol. The number of para-hydroxylation sites is 1. The molecule has 0 saturated carbocycles. The van der Waals surface area contributed by atoms with Crippen molar-refractivity contribution >= 4 is 39.1 Å². The first-order valence-corrected chi connectivity index (χ1v) is 13.5. The molecular weight excluding hydrogens is 488 g/mol. The molecule has 2 aliphatic heterocycles. The highest BCUT2D eigenvalue weighted by Crippen LogP contribution is 2.33. The lowest BCUT2D eigenvalue weighted by Gasteiger charge is -2.36. The lowest BCUT2D eigenvalue weighted by atomic mass is 10.1. The number of fused-ring (bicyclic) bond motifs is 1. The molecule has 192 valence electrons. The highest BCUT2D eigenvalue weighted by atomic mass is 32.1. The summed E-state index contributed by atoms with van der Waals surface area (Å²) in [6.07, 6.45) is 3.88. The summed E-state index contributed by atoms with van der Waals surface area (Å²) in [4.78, 5) is 35.2. The van der Waals surface area contributed by atoms with Gasteiger partial charge in [-0.2, -0.15) is 4.98 Å². The molecule has 0 radical (unpaired) electrons. The van der Waals surface area contributed by atoms with Gasteiger partial charge in [-0.15, -0.1) is 11.3 Å². The molecule has 6 rings (SSSR count). The smallest absolute Gasteiger partial charge is 0.264 e. The van der Waals surface area contributed by atoms with E-state index < -0.39 is 0 Å². The van der Waals surface area contributed by atoms with Gasteiger partial charge in [0.05, 0.1) is 17.3 Å². The Kier molecular flexibility index (Phi) is 6.62. The summed E-state index contributed by atoms with van der Waals surface area (Å²) in [7, 11) is 1.66. The molecular formula is C26H30N8O2S. The Labute approximate surface area is 218 Å². The molecule has 0 amide bonds. The molecule has 3 N–H and O–H groups in total. The number of pyridine rings is 1. The number of piperazine rings is 1. The Morgan fingerprint density at radius 3 is 2.73 bits per heavy atom. The number of nitrogens with one attached hydrogen (secondary N) is 3. The predicted molar refractivity (Wildman–Crippen MR) is 148 cm³/mol. The summed E-state index contributed by atoms with van der Waals surface area (Å²) < 4.78 is 6.40. The average Bonchev–Trinajstić information content (AvgIpc) is 3.37. The average molecular weight is 519 g/mol. The van der Waals surface area contributed by atoms with Crippen molar-refractivity contribution in [1.82, 2.24) is 25.3 Å². The first-order chi connectivity index (χ1) is 18.2. The number of aromatic nitrogens is 4. The highest BCUT2D eigenvalue weighted by molar-refractivity contribution is 7.21. The second-order valence-corrected chi connectivity index (χ2v) is 10.3. The van der Waals surface area contributed by atoms with Crippen LogP contribution in [0.15, 0.2) is 47.4 Å². The van der Waals surface area contributed by atoms with Gasteiger partial charge >= 0.3 is 0 Å². The number of rotatable bonds is 6. The van der Waals surface area contributed by atoms with E-state index in [2.05, 4.69) is 30.4 Å². The van der Waals surface area contributed by atoms with Gasteiger partial charge < -0.3 is 25.2 Å². The molecule has 0 spiro atoms. The van der Waals surface area contributed by atoms with Gasteiger partial charge in [0.2, 0.25) is 5.95 Å². The van der Waals surface area contributed by atoms with Crippen LogP contribution in [0, 0.1) is 0 Å². The molecule has 1 atom stereocenters. The number of thiazole rings is 1. The topological polar surface area (TPSA) is 111 Å². The molecule has 4 aromatic rings. The van der Waals surface area contributed by atoms with Crippen LogP contribution in [-0.4, -0.2) is 72.4 Å². The SMILES string of the molecule is COc1ccnc(N2CCN(c3nc(NC4CCCNC4)c(-c4nc5ccccc5s4)c(=O)[nH]3)CC2)c1. The number of ether oxygens (including phenoxy) is 1. The normalized spacial score (nSPS) is 18.2. The zero-order valence-electron chi connectivity index (χ0n) is 20.7. The lowest BCUT2D eigenvalue weighted by Crippen LogP contribution is -2.48. The summed E-state index contributed by atoms with van der Waals surface area (Å²) in [5.41, 5.74) is 1.22. The van der Waals surface area contributed by atoms with Crippen LogP contribution in [0.4, 0.5) is 17.6 Å². The van der Waals surface area contributed by atoms with Crippen LogP contribution >= 0.6 is 11.3 Å². The first-order valence-electron chi connectivity index (χ1n) is 12.7. The molecule has 2 fully saturated rings. The third-order valence-corrected chi connectivity index (χ3v) is 7.96. The van der Waals surface area contributed by atoms with Gasteiger partial charge in [-0.25, -0.2) is 9.97 Å². The quantitative estimate of drug-likeness (QED) is 0.355. The van der Waals surface area contributed by atoms with Crippen molar-refractivity contribution in [3.05, 3.63) is 52.9 Å². The summed E-state index contributed by atoms with van der Waals surface area (Å²) >= 11 is 1.52. The number of anilines is 3. The number of methoxy groups -OCH3 is 1. The molecule has 0 bridgehead atoms. The van der Waals surface area contributed by atoms with Gasteiger partial charge in [-0.3, -0.25) is 9.78 Å². The Morgan fingerprint density at radius 1 is 1.11 bits per heavy atom. The van der Waals surface area contributed by atoms with Crippen molar-refractivity contribution in [3.63, 3.8) is 0 Å². The van der Waals surface area contributed by atoms with Crippen molar-refractivity contribution in [1.29, 1.82) is 0 Å². The third-order valence-electron chi connectivity index (χ3n) is 6.91. The van der Waals surface area contributed by atoms with Crippen LogP contribution in [0.25, 0.3) is 20.8 Å². The molecule has 0 aliphatic carbocycles. The molecule has 5 heterocycles. The summed E-state index contributed by atoms with van der Waals surface area (Å²) in [6.45, 7) is 4.82. The minimum atomic E-state index is -0.174. The second-order valence-electron chi connectivity index (χ2n) is 9.32. The van der Waals surface area contributed by atoms with E-state index in [1.165, 1.54) is 11.3 Å². The van der Waals surface area contributed by atoms with Crippen LogP contribution in [0.3, 0.4) is 0 Å². The van der Waals surface area contributed by atoms with E-state index >= 15 is 0 Å². The molecule has 11 heteroatoms. The largest absolute Gasteiger partial charge is 0.497 e. The van der Waals surface area contributed by atoms with Crippen LogP contribution in [0.5, 0.6) is 5.75 Å². The number of H-pyrrole nitrogens is 1. The molecule has 2 saturated heterocycles. The standard InChI is InChI=1S/C26H30N8O2S/c1-36-18-8-10-28-21(15-18)33-11-13-34(14-12-33)26-31-23(29-17-5-4-9-27-16-17)22(24(35)32-26)25-30-19-6-2-3-7-20(19)37-25/h2-3,6-8,10,15,17,27H,4-5,9,11-14,16H2,1H3,(H2,29,31,32,35). The van der Waals surface area contributed by atoms with E-state index in [-0.39, 0.29) is 11.6 Å². The number of aromatic amines is 1. The van der Waals surface area contributed by atoms with Gasteiger partial charge in [0.25, 0.3) is 5.56 Å². The number of hydrogen-bond donors (Lipinski definition) is 3. The third kappa shape index (κ3) is 4.96. The van der Waals surface area contributed by atoms with Crippen molar-refractivity contribution in [3.8, 4) is 16.3 Å². The fourth-order valence-electron chi connectivity index (χ4n) is 4.91. The number of nitrogens with zero attached hydrogens (tertiary/aromatic N) is 5. The number of hydrogen-bond acceptors (Lipinski definition) is 10. The molecule has 37 heavy (non-hydrogen) atoms. The van der Waals surface area contributed by atoms with E-state index in [0.29, 0.717) is 35.4 Å². The number of piperidine rings is 1. The van der Waals surface area contributed by atoms with Crippen molar-refractivity contribution in [2.24, 2.45) is 0 Å². The highest BCUT2D eigenvalue weighted by Gasteiger charge is 2.25. The van der Waals surface area contributed by atoms with Crippen LogP contribution in [-0.2, 0) is 0 Å². The van der Waals surface area contributed by atoms with E-state index in [9.17, 15) is 4.79 Å². The zero-order valence-corrected chi connectivity index (χ0v) is 21.6. The maximum Gasteiger partial charge on any atom is 0.264 e. The summed E-state index contributed by atoms with van der Waals surface area (Å²) in [6, 6.07) is 12.0. The van der Waals surface area contributed by atoms with Crippen LogP contribution < -0.4 is 30.7 Å². The molecule has 3 aromatic heterocycles. The van der Waals surface area contributed by atoms with Crippen molar-refractivity contribution in [2.75, 3.05) is 61.5 Å². The van der Waals surface area contributed by atoms with Crippen molar-refractivity contribution in [2.45, 2.75) is 18.9 Å². The molecule has 1 unspecified atom stereocenters. The minimum Gasteiger partial charge on any atom is -0.497 e. The minimum absolute atomic E-state index is 0.174. The Hall–Kier alpha value is -3.70. The number of benzene rings is 1. The summed E-state index contributed by atoms with van der Waals surface area (Å²) in [5.74, 6) is 2.86. The van der Waals surface area contributed by atoms with Gasteiger partial charge in [0, 0.05) is 51.0 Å². The Bertz CT molecular complexity index is 1410.